The largest absolute Gasteiger partial charge is 0.461 e. The summed E-state index contributed by atoms with van der Waals surface area (Å²) in [5.41, 5.74) is 0.965. The Morgan fingerprint density at radius 1 is 1.15 bits per heavy atom. The van der Waals surface area contributed by atoms with Gasteiger partial charge in [0.05, 0.1) is 6.42 Å². The van der Waals surface area contributed by atoms with Crippen LogP contribution in [0.15, 0.2) is 30.3 Å². The zero-order chi connectivity index (χ0) is 14.8. The van der Waals surface area contributed by atoms with Crippen LogP contribution in [0.5, 0.6) is 0 Å². The van der Waals surface area contributed by atoms with Gasteiger partial charge in [-0.05, 0) is 19.4 Å². The molecule has 20 heavy (non-hydrogen) atoms. The zero-order valence-electron chi connectivity index (χ0n) is 12.0. The molecule has 110 valence electrons. The van der Waals surface area contributed by atoms with Crippen LogP contribution >= 0.6 is 11.8 Å². The SMILES string of the molecule is CCN(CC)C(=O)SCCC(=O)OCc1ccccc1. The molecular formula is C15H21NO3S. The van der Waals surface area contributed by atoms with Gasteiger partial charge in [0.2, 0.25) is 0 Å². The summed E-state index contributed by atoms with van der Waals surface area (Å²) < 4.78 is 5.15. The first-order valence-corrected chi connectivity index (χ1v) is 7.77. The van der Waals surface area contributed by atoms with Gasteiger partial charge in [-0.3, -0.25) is 9.59 Å². The molecule has 0 N–H and O–H groups in total. The maximum absolute atomic E-state index is 11.7. The van der Waals surface area contributed by atoms with E-state index in [0.717, 1.165) is 5.56 Å². The van der Waals surface area contributed by atoms with Crippen molar-refractivity contribution in [2.24, 2.45) is 0 Å². The Kier molecular flexibility index (Phi) is 7.80. The van der Waals surface area contributed by atoms with Gasteiger partial charge in [-0.1, -0.05) is 42.1 Å². The van der Waals surface area contributed by atoms with Crippen LogP contribution in [0.3, 0.4) is 0 Å². The van der Waals surface area contributed by atoms with Crippen molar-refractivity contribution >= 4 is 23.0 Å². The predicted molar refractivity (Wildman–Crippen MR) is 81.6 cm³/mol. The lowest BCUT2D eigenvalue weighted by atomic mass is 10.2. The van der Waals surface area contributed by atoms with Crippen molar-refractivity contribution in [3.05, 3.63) is 35.9 Å². The van der Waals surface area contributed by atoms with E-state index in [4.69, 9.17) is 4.74 Å². The first kappa shape index (κ1) is 16.6. The number of thioether (sulfide) groups is 1. The smallest absolute Gasteiger partial charge is 0.306 e. The number of amides is 1. The molecule has 0 heterocycles. The molecule has 0 aromatic heterocycles. The van der Waals surface area contributed by atoms with E-state index in [1.54, 1.807) is 4.90 Å². The third kappa shape index (κ3) is 6.10. The quantitative estimate of drug-likeness (QED) is 0.724. The van der Waals surface area contributed by atoms with Gasteiger partial charge in [0, 0.05) is 18.8 Å². The third-order valence-corrected chi connectivity index (χ3v) is 3.71. The molecule has 1 aromatic carbocycles. The van der Waals surface area contributed by atoms with Crippen LogP contribution in [0.25, 0.3) is 0 Å². The van der Waals surface area contributed by atoms with Crippen LogP contribution in [-0.2, 0) is 16.1 Å². The standard InChI is InChI=1S/C15H21NO3S/c1-3-16(4-2)15(18)20-11-10-14(17)19-12-13-8-6-5-7-9-13/h5-9H,3-4,10-12H2,1-2H3. The third-order valence-electron chi connectivity index (χ3n) is 2.80. The fourth-order valence-electron chi connectivity index (χ4n) is 1.60. The van der Waals surface area contributed by atoms with E-state index in [1.165, 1.54) is 11.8 Å². The number of carbonyl (C=O) groups excluding carboxylic acids is 2. The van der Waals surface area contributed by atoms with Gasteiger partial charge in [0.15, 0.2) is 0 Å². The first-order valence-electron chi connectivity index (χ1n) is 6.78. The molecular weight excluding hydrogens is 274 g/mol. The van der Waals surface area contributed by atoms with E-state index in [-0.39, 0.29) is 24.2 Å². The second kappa shape index (κ2) is 9.42. The van der Waals surface area contributed by atoms with E-state index in [0.29, 0.717) is 18.8 Å². The molecule has 4 nitrogen and oxygen atoms in total. The summed E-state index contributed by atoms with van der Waals surface area (Å²) in [4.78, 5) is 25.0. The molecule has 0 atom stereocenters. The van der Waals surface area contributed by atoms with E-state index < -0.39 is 0 Å². The molecule has 0 bridgehead atoms. The number of esters is 1. The van der Waals surface area contributed by atoms with Crippen molar-refractivity contribution < 1.29 is 14.3 Å². The summed E-state index contributed by atoms with van der Waals surface area (Å²) in [5, 5.41) is 0.0193. The van der Waals surface area contributed by atoms with Gasteiger partial charge in [0.1, 0.15) is 6.61 Å². The van der Waals surface area contributed by atoms with E-state index in [9.17, 15) is 9.59 Å². The van der Waals surface area contributed by atoms with Gasteiger partial charge in [-0.15, -0.1) is 0 Å². The van der Waals surface area contributed by atoms with Gasteiger partial charge in [0.25, 0.3) is 5.24 Å². The number of ether oxygens (including phenoxy) is 1. The number of carbonyl (C=O) groups is 2. The van der Waals surface area contributed by atoms with Crippen LogP contribution in [0.4, 0.5) is 4.79 Å². The minimum Gasteiger partial charge on any atom is -0.461 e. The summed E-state index contributed by atoms with van der Waals surface area (Å²) in [6, 6.07) is 9.54. The molecule has 0 aliphatic heterocycles. The molecule has 1 aromatic rings. The topological polar surface area (TPSA) is 46.6 Å². The van der Waals surface area contributed by atoms with Crippen LogP contribution in [-0.4, -0.2) is 35.0 Å². The highest BCUT2D eigenvalue weighted by molar-refractivity contribution is 8.13. The zero-order valence-corrected chi connectivity index (χ0v) is 12.8. The first-order chi connectivity index (χ1) is 9.67. The lowest BCUT2D eigenvalue weighted by Gasteiger charge is -2.17. The molecule has 5 heteroatoms. The minimum atomic E-state index is -0.270. The molecule has 0 saturated heterocycles. The second-order valence-electron chi connectivity index (χ2n) is 4.18. The molecule has 0 spiro atoms. The summed E-state index contributed by atoms with van der Waals surface area (Å²) in [6.07, 6.45) is 0.254. The van der Waals surface area contributed by atoms with Crippen molar-refractivity contribution in [2.75, 3.05) is 18.8 Å². The Balaban J connectivity index is 2.19. The van der Waals surface area contributed by atoms with Crippen molar-refractivity contribution in [3.8, 4) is 0 Å². The van der Waals surface area contributed by atoms with Crippen molar-refractivity contribution in [1.29, 1.82) is 0 Å². The van der Waals surface area contributed by atoms with Crippen LogP contribution in [0.1, 0.15) is 25.8 Å². The van der Waals surface area contributed by atoms with Crippen molar-refractivity contribution in [2.45, 2.75) is 26.9 Å². The van der Waals surface area contributed by atoms with Crippen LogP contribution < -0.4 is 0 Å². The van der Waals surface area contributed by atoms with Gasteiger partial charge in [-0.2, -0.15) is 0 Å². The van der Waals surface area contributed by atoms with Crippen LogP contribution in [0.2, 0.25) is 0 Å². The van der Waals surface area contributed by atoms with Crippen LogP contribution in [0, 0.1) is 0 Å². The summed E-state index contributed by atoms with van der Waals surface area (Å²) in [5.74, 6) is 0.192. The molecule has 0 fully saturated rings. The Labute approximate surface area is 124 Å². The lowest BCUT2D eigenvalue weighted by molar-refractivity contribution is -0.144. The average molecular weight is 295 g/mol. The highest BCUT2D eigenvalue weighted by atomic mass is 32.2. The number of rotatable bonds is 7. The summed E-state index contributed by atoms with van der Waals surface area (Å²) >= 11 is 1.17. The molecule has 0 unspecified atom stereocenters. The fourth-order valence-corrected chi connectivity index (χ4v) is 2.49. The normalized spacial score (nSPS) is 10.1. The van der Waals surface area contributed by atoms with Gasteiger partial charge in [-0.25, -0.2) is 0 Å². The number of hydrogen-bond donors (Lipinski definition) is 0. The highest BCUT2D eigenvalue weighted by Crippen LogP contribution is 2.11. The number of benzene rings is 1. The molecule has 1 amide bonds. The molecule has 1 rings (SSSR count). The minimum absolute atomic E-state index is 0.0193. The lowest BCUT2D eigenvalue weighted by Crippen LogP contribution is -2.27. The Hall–Kier alpha value is -1.49. The van der Waals surface area contributed by atoms with Crippen molar-refractivity contribution in [3.63, 3.8) is 0 Å². The monoisotopic (exact) mass is 295 g/mol. The van der Waals surface area contributed by atoms with Gasteiger partial charge >= 0.3 is 5.97 Å². The van der Waals surface area contributed by atoms with E-state index in [1.807, 2.05) is 44.2 Å². The molecule has 0 aliphatic rings. The molecule has 0 radical (unpaired) electrons. The Morgan fingerprint density at radius 2 is 1.80 bits per heavy atom. The summed E-state index contributed by atoms with van der Waals surface area (Å²) in [6.45, 7) is 5.56. The van der Waals surface area contributed by atoms with E-state index in [2.05, 4.69) is 0 Å². The molecule has 0 aliphatic carbocycles. The Bertz CT molecular complexity index is 418. The highest BCUT2D eigenvalue weighted by Gasteiger charge is 2.11. The van der Waals surface area contributed by atoms with Crippen molar-refractivity contribution in [1.82, 2.24) is 4.90 Å². The fraction of sp³-hybridized carbons (Fsp3) is 0.467. The number of nitrogens with zero attached hydrogens (tertiary/aromatic N) is 1. The maximum Gasteiger partial charge on any atom is 0.306 e. The number of hydrogen-bond acceptors (Lipinski definition) is 4. The predicted octanol–water partition coefficient (Wildman–Crippen LogP) is 3.31. The van der Waals surface area contributed by atoms with Gasteiger partial charge < -0.3 is 9.64 Å². The second-order valence-corrected chi connectivity index (χ2v) is 5.23. The van der Waals surface area contributed by atoms with E-state index >= 15 is 0 Å². The maximum atomic E-state index is 11.7. The Morgan fingerprint density at radius 3 is 2.40 bits per heavy atom. The summed E-state index contributed by atoms with van der Waals surface area (Å²) in [7, 11) is 0. The molecule has 0 saturated carbocycles. The average Bonchev–Trinajstić information content (AvgIpc) is 2.47.